The molecule has 7 heteroatoms. The Kier molecular flexibility index (Phi) is 3.71. The highest BCUT2D eigenvalue weighted by atomic mass is 35.5. The predicted molar refractivity (Wildman–Crippen MR) is 71.5 cm³/mol. The number of rotatable bonds is 4. The second-order valence-electron chi connectivity index (χ2n) is 4.21. The average Bonchev–Trinajstić information content (AvgIpc) is 2.74. The Morgan fingerprint density at radius 2 is 2.26 bits per heavy atom. The molecule has 0 aliphatic carbocycles. The SMILES string of the molecule is CN(Cc1cnn(C)c1)c1ncc(C(=O)O)cc1Cl. The van der Waals surface area contributed by atoms with Crippen LogP contribution < -0.4 is 4.90 Å². The minimum Gasteiger partial charge on any atom is -0.478 e. The van der Waals surface area contributed by atoms with E-state index in [9.17, 15) is 4.79 Å². The summed E-state index contributed by atoms with van der Waals surface area (Å²) in [5.74, 6) is -0.508. The third kappa shape index (κ3) is 3.03. The van der Waals surface area contributed by atoms with Gasteiger partial charge in [0.1, 0.15) is 5.82 Å². The highest BCUT2D eigenvalue weighted by Crippen LogP contribution is 2.24. The Hall–Kier alpha value is -2.08. The van der Waals surface area contributed by atoms with E-state index in [0.717, 1.165) is 5.56 Å². The maximum atomic E-state index is 10.8. The molecule has 0 amide bonds. The summed E-state index contributed by atoms with van der Waals surface area (Å²) in [6.07, 6.45) is 4.95. The minimum absolute atomic E-state index is 0.0727. The van der Waals surface area contributed by atoms with Gasteiger partial charge in [-0.1, -0.05) is 11.6 Å². The van der Waals surface area contributed by atoms with Crippen LogP contribution in [0.15, 0.2) is 24.7 Å². The number of aromatic carboxylic acids is 1. The second-order valence-corrected chi connectivity index (χ2v) is 4.62. The van der Waals surface area contributed by atoms with Crippen molar-refractivity contribution in [1.82, 2.24) is 14.8 Å². The molecule has 2 aromatic rings. The van der Waals surface area contributed by atoms with Crippen LogP contribution in [-0.2, 0) is 13.6 Å². The number of anilines is 1. The molecule has 0 spiro atoms. The number of carbonyl (C=O) groups is 1. The highest BCUT2D eigenvalue weighted by Gasteiger charge is 2.12. The van der Waals surface area contributed by atoms with Crippen LogP contribution in [0, 0.1) is 0 Å². The first-order valence-corrected chi connectivity index (χ1v) is 5.92. The van der Waals surface area contributed by atoms with Crippen molar-refractivity contribution >= 4 is 23.4 Å². The van der Waals surface area contributed by atoms with Crippen LogP contribution in [0.25, 0.3) is 0 Å². The van der Waals surface area contributed by atoms with Gasteiger partial charge in [0.25, 0.3) is 0 Å². The fourth-order valence-corrected chi connectivity index (χ4v) is 2.04. The molecule has 2 aromatic heterocycles. The summed E-state index contributed by atoms with van der Waals surface area (Å²) < 4.78 is 1.71. The summed E-state index contributed by atoms with van der Waals surface area (Å²) >= 11 is 6.05. The smallest absolute Gasteiger partial charge is 0.337 e. The molecule has 0 aromatic carbocycles. The highest BCUT2D eigenvalue weighted by molar-refractivity contribution is 6.33. The number of carboxylic acid groups (broad SMARTS) is 1. The van der Waals surface area contributed by atoms with Gasteiger partial charge in [0.05, 0.1) is 16.8 Å². The van der Waals surface area contributed by atoms with Crippen LogP contribution in [0.1, 0.15) is 15.9 Å². The van der Waals surface area contributed by atoms with E-state index in [4.69, 9.17) is 16.7 Å². The van der Waals surface area contributed by atoms with Crippen molar-refractivity contribution in [3.63, 3.8) is 0 Å². The van der Waals surface area contributed by atoms with E-state index >= 15 is 0 Å². The molecule has 0 bridgehead atoms. The molecule has 0 saturated heterocycles. The maximum Gasteiger partial charge on any atom is 0.337 e. The van der Waals surface area contributed by atoms with Gasteiger partial charge in [0, 0.05) is 38.6 Å². The van der Waals surface area contributed by atoms with E-state index in [-0.39, 0.29) is 5.56 Å². The second kappa shape index (κ2) is 5.27. The molecule has 6 nitrogen and oxygen atoms in total. The number of halogens is 1. The monoisotopic (exact) mass is 280 g/mol. The molecular weight excluding hydrogens is 268 g/mol. The average molecular weight is 281 g/mol. The van der Waals surface area contributed by atoms with E-state index in [1.165, 1.54) is 12.3 Å². The lowest BCUT2D eigenvalue weighted by molar-refractivity contribution is 0.0696. The van der Waals surface area contributed by atoms with Gasteiger partial charge < -0.3 is 10.0 Å². The number of aryl methyl sites for hydroxylation is 1. The molecule has 100 valence electrons. The fraction of sp³-hybridized carbons (Fsp3) is 0.250. The van der Waals surface area contributed by atoms with E-state index in [1.54, 1.807) is 10.9 Å². The van der Waals surface area contributed by atoms with Crippen molar-refractivity contribution < 1.29 is 9.90 Å². The Morgan fingerprint density at radius 1 is 1.53 bits per heavy atom. The van der Waals surface area contributed by atoms with Crippen molar-refractivity contribution in [2.45, 2.75) is 6.54 Å². The Morgan fingerprint density at radius 3 is 2.79 bits per heavy atom. The van der Waals surface area contributed by atoms with Crippen molar-refractivity contribution in [3.05, 3.63) is 40.8 Å². The third-order valence-electron chi connectivity index (χ3n) is 2.61. The van der Waals surface area contributed by atoms with Crippen LogP contribution in [0.4, 0.5) is 5.82 Å². The molecule has 2 heterocycles. The molecule has 0 saturated carbocycles. The number of carboxylic acids is 1. The zero-order valence-electron chi connectivity index (χ0n) is 10.5. The van der Waals surface area contributed by atoms with Crippen LogP contribution in [0.5, 0.6) is 0 Å². The lowest BCUT2D eigenvalue weighted by atomic mass is 10.2. The van der Waals surface area contributed by atoms with Crippen LogP contribution in [0.2, 0.25) is 5.02 Å². The van der Waals surface area contributed by atoms with Crippen LogP contribution in [0.3, 0.4) is 0 Å². The summed E-state index contributed by atoms with van der Waals surface area (Å²) in [6, 6.07) is 1.39. The standard InChI is InChI=1S/C12H13ClN4O2/c1-16(6-8-4-15-17(2)7-8)11-10(13)3-9(5-14-11)12(18)19/h3-5,7H,6H2,1-2H3,(H,18,19). The Bertz CT molecular complexity index is 612. The minimum atomic E-state index is -1.05. The molecule has 0 unspecified atom stereocenters. The number of hydrogen-bond donors (Lipinski definition) is 1. The molecular formula is C12H13ClN4O2. The summed E-state index contributed by atoms with van der Waals surface area (Å²) in [6.45, 7) is 0.590. The van der Waals surface area contributed by atoms with Crippen LogP contribution in [-0.4, -0.2) is 32.9 Å². The number of aromatic nitrogens is 3. The summed E-state index contributed by atoms with van der Waals surface area (Å²) in [5.41, 5.74) is 1.09. The van der Waals surface area contributed by atoms with Crippen molar-refractivity contribution in [1.29, 1.82) is 0 Å². The normalized spacial score (nSPS) is 10.5. The first-order chi connectivity index (χ1) is 8.97. The predicted octanol–water partition coefficient (Wildman–Crippen LogP) is 1.80. The van der Waals surface area contributed by atoms with Crippen molar-refractivity contribution in [3.8, 4) is 0 Å². The van der Waals surface area contributed by atoms with Gasteiger partial charge in [-0.25, -0.2) is 9.78 Å². The topological polar surface area (TPSA) is 71.2 Å². The number of nitrogens with zero attached hydrogens (tertiary/aromatic N) is 4. The molecule has 0 atom stereocenters. The zero-order valence-corrected chi connectivity index (χ0v) is 11.3. The van der Waals surface area contributed by atoms with Gasteiger partial charge in [0.2, 0.25) is 0 Å². The van der Waals surface area contributed by atoms with E-state index in [1.807, 2.05) is 25.2 Å². The quantitative estimate of drug-likeness (QED) is 0.925. The molecule has 0 aliphatic rings. The number of pyridine rings is 1. The number of hydrogen-bond acceptors (Lipinski definition) is 4. The Balaban J connectivity index is 2.19. The van der Waals surface area contributed by atoms with E-state index in [0.29, 0.717) is 17.4 Å². The van der Waals surface area contributed by atoms with Gasteiger partial charge in [0.15, 0.2) is 0 Å². The van der Waals surface area contributed by atoms with Crippen LogP contribution >= 0.6 is 11.6 Å². The summed E-state index contributed by atoms with van der Waals surface area (Å²) in [4.78, 5) is 16.7. The van der Waals surface area contributed by atoms with Gasteiger partial charge in [-0.05, 0) is 6.07 Å². The van der Waals surface area contributed by atoms with Gasteiger partial charge >= 0.3 is 5.97 Å². The van der Waals surface area contributed by atoms with Crippen molar-refractivity contribution in [2.75, 3.05) is 11.9 Å². The molecule has 0 radical (unpaired) electrons. The van der Waals surface area contributed by atoms with Gasteiger partial charge in [-0.3, -0.25) is 4.68 Å². The third-order valence-corrected chi connectivity index (χ3v) is 2.89. The zero-order chi connectivity index (χ0) is 14.0. The lowest BCUT2D eigenvalue weighted by Crippen LogP contribution is -2.18. The molecule has 19 heavy (non-hydrogen) atoms. The molecule has 1 N–H and O–H groups in total. The largest absolute Gasteiger partial charge is 0.478 e. The molecule has 0 fully saturated rings. The van der Waals surface area contributed by atoms with Crippen molar-refractivity contribution in [2.24, 2.45) is 7.05 Å². The van der Waals surface area contributed by atoms with E-state index < -0.39 is 5.97 Å². The van der Waals surface area contributed by atoms with E-state index in [2.05, 4.69) is 10.1 Å². The maximum absolute atomic E-state index is 10.8. The lowest BCUT2D eigenvalue weighted by Gasteiger charge is -2.18. The first-order valence-electron chi connectivity index (χ1n) is 5.55. The molecule has 0 aliphatic heterocycles. The summed E-state index contributed by atoms with van der Waals surface area (Å²) in [7, 11) is 3.68. The van der Waals surface area contributed by atoms with Gasteiger partial charge in [-0.2, -0.15) is 5.10 Å². The Labute approximate surface area is 115 Å². The first kappa shape index (κ1) is 13.4. The summed E-state index contributed by atoms with van der Waals surface area (Å²) in [5, 5.41) is 13.2. The van der Waals surface area contributed by atoms with Gasteiger partial charge in [-0.15, -0.1) is 0 Å². The fourth-order valence-electron chi connectivity index (χ4n) is 1.73. The molecule has 2 rings (SSSR count).